The zero-order valence-corrected chi connectivity index (χ0v) is 14.4. The highest BCUT2D eigenvalue weighted by molar-refractivity contribution is 9.10. The third-order valence-corrected chi connectivity index (χ3v) is 4.07. The largest absolute Gasteiger partial charge is 0.492 e. The molecule has 0 bridgehead atoms. The summed E-state index contributed by atoms with van der Waals surface area (Å²) in [5, 5.41) is 3.37. The summed E-state index contributed by atoms with van der Waals surface area (Å²) in [6, 6.07) is 10.5. The minimum absolute atomic E-state index is 0.402. The van der Waals surface area contributed by atoms with Crippen molar-refractivity contribution in [1.29, 1.82) is 0 Å². The van der Waals surface area contributed by atoms with E-state index in [1.54, 1.807) is 0 Å². The van der Waals surface area contributed by atoms with Crippen molar-refractivity contribution in [3.63, 3.8) is 0 Å². The van der Waals surface area contributed by atoms with Crippen LogP contribution in [0, 0.1) is 5.92 Å². The van der Waals surface area contributed by atoms with Crippen LogP contribution in [0.2, 0.25) is 0 Å². The summed E-state index contributed by atoms with van der Waals surface area (Å²) in [4.78, 5) is 0. The average molecular weight is 351 g/mol. The van der Waals surface area contributed by atoms with Gasteiger partial charge in [-0.1, -0.05) is 29.8 Å². The molecule has 1 heterocycles. The van der Waals surface area contributed by atoms with Gasteiger partial charge in [-0.15, -0.1) is 0 Å². The lowest BCUT2D eigenvalue weighted by Gasteiger charge is -2.18. The van der Waals surface area contributed by atoms with Gasteiger partial charge >= 0.3 is 0 Å². The predicted octanol–water partition coefficient (Wildman–Crippen LogP) is 4.25. The Morgan fingerprint density at radius 1 is 1.19 bits per heavy atom. The van der Waals surface area contributed by atoms with Crippen molar-refractivity contribution in [3.05, 3.63) is 52.8 Å². The van der Waals surface area contributed by atoms with Crippen molar-refractivity contribution in [3.8, 4) is 5.75 Å². The molecule has 2 aromatic rings. The molecule has 2 rings (SSSR count). The summed E-state index contributed by atoms with van der Waals surface area (Å²) < 4.78 is 9.00. The minimum atomic E-state index is 0.402. The highest BCUT2D eigenvalue weighted by atomic mass is 79.9. The van der Waals surface area contributed by atoms with Crippen LogP contribution >= 0.6 is 15.9 Å². The normalized spacial score (nSPS) is 12.6. The Kier molecular flexibility index (Phi) is 5.88. The van der Waals surface area contributed by atoms with Gasteiger partial charge in [-0.3, -0.25) is 0 Å². The van der Waals surface area contributed by atoms with Gasteiger partial charge in [0.2, 0.25) is 0 Å². The molecule has 1 aromatic heterocycles. The molecule has 0 saturated heterocycles. The molecule has 114 valence electrons. The first kappa shape index (κ1) is 16.1. The summed E-state index contributed by atoms with van der Waals surface area (Å²) in [7, 11) is 2.01. The maximum Gasteiger partial charge on any atom is 0.119 e. The van der Waals surface area contributed by atoms with Crippen molar-refractivity contribution in [2.45, 2.75) is 26.4 Å². The second kappa shape index (κ2) is 7.66. The second-order valence-corrected chi connectivity index (χ2v) is 6.41. The van der Waals surface area contributed by atoms with Crippen LogP contribution in [0.3, 0.4) is 0 Å². The van der Waals surface area contributed by atoms with E-state index in [1.807, 2.05) is 31.3 Å². The fourth-order valence-electron chi connectivity index (χ4n) is 2.47. The quantitative estimate of drug-likeness (QED) is 0.807. The first-order valence-corrected chi connectivity index (χ1v) is 8.10. The Balaban J connectivity index is 1.86. The molecule has 1 aromatic carbocycles. The lowest BCUT2D eigenvalue weighted by Crippen LogP contribution is -2.21. The Bertz CT molecular complexity index is 548. The Hall–Kier alpha value is -1.26. The number of aromatic nitrogens is 1. The number of benzene rings is 1. The van der Waals surface area contributed by atoms with Crippen LogP contribution in [0.25, 0.3) is 0 Å². The Morgan fingerprint density at radius 2 is 1.90 bits per heavy atom. The Morgan fingerprint density at radius 3 is 2.52 bits per heavy atom. The molecular weight excluding hydrogens is 328 g/mol. The standard InChI is InChI=1S/C17H23BrN2O/c1-13(2)17(19-3)14-8-9-20(12-14)10-11-21-16-6-4-15(18)5-7-16/h4-9,12-13,17,19H,10-11H2,1-3H3. The van der Waals surface area contributed by atoms with Gasteiger partial charge in [-0.2, -0.15) is 0 Å². The summed E-state index contributed by atoms with van der Waals surface area (Å²) in [6.07, 6.45) is 4.32. The van der Waals surface area contributed by atoms with Crippen LogP contribution in [-0.4, -0.2) is 18.2 Å². The van der Waals surface area contributed by atoms with Gasteiger partial charge in [0.1, 0.15) is 12.4 Å². The lowest BCUT2D eigenvalue weighted by atomic mass is 9.99. The number of hydrogen-bond donors (Lipinski definition) is 1. The van der Waals surface area contributed by atoms with Crippen molar-refractivity contribution in [1.82, 2.24) is 9.88 Å². The SMILES string of the molecule is CNC(c1ccn(CCOc2ccc(Br)cc2)c1)C(C)C. The van der Waals surface area contributed by atoms with E-state index in [1.165, 1.54) is 5.56 Å². The summed E-state index contributed by atoms with van der Waals surface area (Å²) in [6.45, 7) is 5.98. The van der Waals surface area contributed by atoms with Gasteiger partial charge in [0, 0.05) is 22.9 Å². The maximum absolute atomic E-state index is 5.75. The molecule has 0 aliphatic heterocycles. The van der Waals surface area contributed by atoms with E-state index in [-0.39, 0.29) is 0 Å². The first-order valence-electron chi connectivity index (χ1n) is 7.31. The highest BCUT2D eigenvalue weighted by Gasteiger charge is 2.14. The zero-order valence-electron chi connectivity index (χ0n) is 12.8. The summed E-state index contributed by atoms with van der Waals surface area (Å²) >= 11 is 3.42. The first-order chi connectivity index (χ1) is 10.1. The molecule has 0 spiro atoms. The monoisotopic (exact) mass is 350 g/mol. The fraction of sp³-hybridized carbons (Fsp3) is 0.412. The van der Waals surface area contributed by atoms with Crippen LogP contribution in [0.1, 0.15) is 25.5 Å². The van der Waals surface area contributed by atoms with Crippen LogP contribution in [0.4, 0.5) is 0 Å². The minimum Gasteiger partial charge on any atom is -0.492 e. The molecule has 21 heavy (non-hydrogen) atoms. The number of hydrogen-bond acceptors (Lipinski definition) is 2. The van der Waals surface area contributed by atoms with Gasteiger partial charge in [-0.05, 0) is 48.9 Å². The maximum atomic E-state index is 5.75. The van der Waals surface area contributed by atoms with Gasteiger partial charge in [-0.25, -0.2) is 0 Å². The van der Waals surface area contributed by atoms with E-state index in [4.69, 9.17) is 4.74 Å². The molecule has 4 heteroatoms. The number of ether oxygens (including phenoxy) is 1. The number of nitrogens with zero attached hydrogens (tertiary/aromatic N) is 1. The van der Waals surface area contributed by atoms with Gasteiger partial charge in [0.05, 0.1) is 6.54 Å². The number of rotatable bonds is 7. The van der Waals surface area contributed by atoms with E-state index in [9.17, 15) is 0 Å². The van der Waals surface area contributed by atoms with Crippen LogP contribution in [-0.2, 0) is 6.54 Å². The van der Waals surface area contributed by atoms with Crippen LogP contribution in [0.5, 0.6) is 5.75 Å². The lowest BCUT2D eigenvalue weighted by molar-refractivity contribution is 0.298. The molecule has 0 aliphatic rings. The van der Waals surface area contributed by atoms with Crippen molar-refractivity contribution < 1.29 is 4.74 Å². The number of nitrogens with one attached hydrogen (secondary N) is 1. The third kappa shape index (κ3) is 4.61. The zero-order chi connectivity index (χ0) is 15.2. The molecule has 1 atom stereocenters. The molecule has 1 unspecified atom stereocenters. The van der Waals surface area contributed by atoms with E-state index in [2.05, 4.69) is 58.1 Å². The molecule has 0 amide bonds. The molecule has 0 aliphatic carbocycles. The van der Waals surface area contributed by atoms with Crippen molar-refractivity contribution in [2.75, 3.05) is 13.7 Å². The van der Waals surface area contributed by atoms with E-state index in [0.717, 1.165) is 16.8 Å². The van der Waals surface area contributed by atoms with E-state index >= 15 is 0 Å². The van der Waals surface area contributed by atoms with Crippen LogP contribution in [0.15, 0.2) is 47.2 Å². The van der Waals surface area contributed by atoms with Crippen LogP contribution < -0.4 is 10.1 Å². The number of halogens is 1. The molecule has 1 N–H and O–H groups in total. The van der Waals surface area contributed by atoms with E-state index in [0.29, 0.717) is 18.6 Å². The smallest absolute Gasteiger partial charge is 0.119 e. The van der Waals surface area contributed by atoms with Crippen molar-refractivity contribution in [2.24, 2.45) is 5.92 Å². The molecule has 0 saturated carbocycles. The second-order valence-electron chi connectivity index (χ2n) is 5.50. The molecular formula is C17H23BrN2O. The molecule has 3 nitrogen and oxygen atoms in total. The predicted molar refractivity (Wildman–Crippen MR) is 90.7 cm³/mol. The topological polar surface area (TPSA) is 26.2 Å². The van der Waals surface area contributed by atoms with Gasteiger partial charge in [0.15, 0.2) is 0 Å². The summed E-state index contributed by atoms with van der Waals surface area (Å²) in [5.41, 5.74) is 1.33. The van der Waals surface area contributed by atoms with E-state index < -0.39 is 0 Å². The third-order valence-electron chi connectivity index (χ3n) is 3.54. The van der Waals surface area contributed by atoms with Gasteiger partial charge < -0.3 is 14.6 Å². The molecule has 0 radical (unpaired) electrons. The fourth-order valence-corrected chi connectivity index (χ4v) is 2.73. The summed E-state index contributed by atoms with van der Waals surface area (Å²) in [5.74, 6) is 1.48. The Labute approximate surface area is 135 Å². The highest BCUT2D eigenvalue weighted by Crippen LogP contribution is 2.21. The average Bonchev–Trinajstić information content (AvgIpc) is 2.90. The van der Waals surface area contributed by atoms with Gasteiger partial charge in [0.25, 0.3) is 0 Å². The molecule has 0 fully saturated rings. The van der Waals surface area contributed by atoms with Crippen molar-refractivity contribution >= 4 is 15.9 Å².